The molecule has 3 rings (SSSR count). The predicted octanol–water partition coefficient (Wildman–Crippen LogP) is 2.02. The number of thioether (sulfide) groups is 1. The average Bonchev–Trinajstić information content (AvgIpc) is 3.32. The molecule has 0 bridgehead atoms. The van der Waals surface area contributed by atoms with Gasteiger partial charge in [0.2, 0.25) is 0 Å². The molecule has 162 valence electrons. The van der Waals surface area contributed by atoms with Crippen molar-refractivity contribution in [3.63, 3.8) is 0 Å². The van der Waals surface area contributed by atoms with Crippen molar-refractivity contribution >= 4 is 39.2 Å². The topological polar surface area (TPSA) is 91.4 Å². The first-order chi connectivity index (χ1) is 14.2. The van der Waals surface area contributed by atoms with Crippen LogP contribution in [-0.4, -0.2) is 50.1 Å². The van der Waals surface area contributed by atoms with E-state index in [2.05, 4.69) is 4.98 Å². The molecule has 0 unspecified atom stereocenters. The molecule has 0 aliphatic rings. The Morgan fingerprint density at radius 1 is 1.37 bits per heavy atom. The molecule has 3 aromatic rings. The minimum absolute atomic E-state index is 0.187. The SMILES string of the molecule is CON(C)C(=O)c1c(Cn2ccnc2SC)sc2c1c(=O)n(C)c(=O)n2CC(C)C. The van der Waals surface area contributed by atoms with E-state index in [0.29, 0.717) is 22.8 Å². The maximum Gasteiger partial charge on any atom is 0.331 e. The Morgan fingerprint density at radius 3 is 2.67 bits per heavy atom. The molecule has 30 heavy (non-hydrogen) atoms. The Morgan fingerprint density at radius 2 is 2.07 bits per heavy atom. The summed E-state index contributed by atoms with van der Waals surface area (Å²) in [5.74, 6) is -0.247. The summed E-state index contributed by atoms with van der Waals surface area (Å²) in [6.07, 6.45) is 5.43. The van der Waals surface area contributed by atoms with Crippen molar-refractivity contribution in [2.24, 2.45) is 13.0 Å². The van der Waals surface area contributed by atoms with Crippen LogP contribution in [0.2, 0.25) is 0 Å². The van der Waals surface area contributed by atoms with Crippen molar-refractivity contribution in [3.05, 3.63) is 43.7 Å². The third-order valence-electron chi connectivity index (χ3n) is 4.74. The number of aromatic nitrogens is 4. The van der Waals surface area contributed by atoms with Crippen molar-refractivity contribution < 1.29 is 9.63 Å². The van der Waals surface area contributed by atoms with Crippen molar-refractivity contribution in [1.29, 1.82) is 0 Å². The standard InChI is InChI=1S/C19H25N5O4S2/c1-11(2)9-24-17-14(15(25)21(3)19(24)27)13(16(26)22(4)28-5)12(30-17)10-23-8-7-20-18(23)29-6/h7-8,11H,9-10H2,1-6H3. The van der Waals surface area contributed by atoms with Crippen LogP contribution in [-0.2, 0) is 25.0 Å². The van der Waals surface area contributed by atoms with Gasteiger partial charge >= 0.3 is 5.69 Å². The van der Waals surface area contributed by atoms with E-state index in [-0.39, 0.29) is 22.6 Å². The van der Waals surface area contributed by atoms with E-state index in [0.717, 1.165) is 14.8 Å². The number of hydrogen-bond donors (Lipinski definition) is 0. The summed E-state index contributed by atoms with van der Waals surface area (Å²) >= 11 is 2.78. The van der Waals surface area contributed by atoms with Crippen LogP contribution in [0.15, 0.2) is 27.1 Å². The van der Waals surface area contributed by atoms with Crippen LogP contribution >= 0.6 is 23.1 Å². The quantitative estimate of drug-likeness (QED) is 0.403. The summed E-state index contributed by atoms with van der Waals surface area (Å²) in [7, 11) is 4.32. The van der Waals surface area contributed by atoms with E-state index in [1.807, 2.05) is 30.9 Å². The molecule has 0 saturated carbocycles. The highest BCUT2D eigenvalue weighted by Gasteiger charge is 2.28. The Hall–Kier alpha value is -2.37. The smallest absolute Gasteiger partial charge is 0.321 e. The van der Waals surface area contributed by atoms with Gasteiger partial charge in [0.1, 0.15) is 4.83 Å². The lowest BCUT2D eigenvalue weighted by Crippen LogP contribution is -2.39. The fourth-order valence-electron chi connectivity index (χ4n) is 3.24. The van der Waals surface area contributed by atoms with Gasteiger partial charge in [0.25, 0.3) is 11.5 Å². The minimum atomic E-state index is -0.485. The Labute approximate surface area is 181 Å². The number of carbonyl (C=O) groups is 1. The molecule has 0 N–H and O–H groups in total. The molecule has 0 aromatic carbocycles. The maximum absolute atomic E-state index is 13.2. The highest BCUT2D eigenvalue weighted by Crippen LogP contribution is 2.31. The maximum atomic E-state index is 13.2. The third-order valence-corrected chi connectivity index (χ3v) is 6.64. The van der Waals surface area contributed by atoms with E-state index in [4.69, 9.17) is 4.84 Å². The molecule has 1 amide bonds. The van der Waals surface area contributed by atoms with E-state index >= 15 is 0 Å². The second kappa shape index (κ2) is 8.78. The molecule has 0 spiro atoms. The molecule has 3 heterocycles. The van der Waals surface area contributed by atoms with Gasteiger partial charge in [-0.15, -0.1) is 11.3 Å². The van der Waals surface area contributed by atoms with Gasteiger partial charge in [-0.3, -0.25) is 23.6 Å². The zero-order valence-corrected chi connectivity index (χ0v) is 19.5. The second-order valence-corrected chi connectivity index (χ2v) is 9.12. The molecule has 11 heteroatoms. The Bertz CT molecular complexity index is 1200. The van der Waals surface area contributed by atoms with Gasteiger partial charge in [0, 0.05) is 37.9 Å². The molecule has 3 aromatic heterocycles. The first-order valence-corrected chi connectivity index (χ1v) is 11.4. The first kappa shape index (κ1) is 22.3. The van der Waals surface area contributed by atoms with Gasteiger partial charge in [-0.05, 0) is 12.2 Å². The zero-order valence-electron chi connectivity index (χ0n) is 17.8. The molecule has 0 atom stereocenters. The van der Waals surface area contributed by atoms with E-state index in [1.165, 1.54) is 44.3 Å². The molecule has 0 aliphatic heterocycles. The number of thiophene rings is 1. The first-order valence-electron chi connectivity index (χ1n) is 9.33. The van der Waals surface area contributed by atoms with Crippen molar-refractivity contribution in [1.82, 2.24) is 23.7 Å². The number of nitrogens with zero attached hydrogens (tertiary/aromatic N) is 5. The van der Waals surface area contributed by atoms with Crippen molar-refractivity contribution in [2.45, 2.75) is 32.1 Å². The number of hydrogen-bond acceptors (Lipinski definition) is 7. The van der Waals surface area contributed by atoms with Crippen molar-refractivity contribution in [3.8, 4) is 0 Å². The van der Waals surface area contributed by atoms with Crippen LogP contribution < -0.4 is 11.2 Å². The average molecular weight is 452 g/mol. The number of amides is 1. The number of fused-ring (bicyclic) bond motifs is 1. The third kappa shape index (κ3) is 3.84. The monoisotopic (exact) mass is 451 g/mol. The van der Waals surface area contributed by atoms with Gasteiger partial charge in [-0.25, -0.2) is 14.8 Å². The summed E-state index contributed by atoms with van der Waals surface area (Å²) in [6.45, 7) is 4.79. The van der Waals surface area contributed by atoms with Gasteiger partial charge < -0.3 is 4.57 Å². The van der Waals surface area contributed by atoms with E-state index in [1.54, 1.807) is 10.8 Å². The molecule has 0 aliphatic carbocycles. The van der Waals surface area contributed by atoms with Crippen LogP contribution in [0.4, 0.5) is 0 Å². The number of rotatable bonds is 7. The summed E-state index contributed by atoms with van der Waals surface area (Å²) in [4.78, 5) is 49.7. The van der Waals surface area contributed by atoms with Gasteiger partial charge in [0.15, 0.2) is 5.16 Å². The second-order valence-electron chi connectivity index (χ2n) is 7.26. The normalized spacial score (nSPS) is 11.6. The van der Waals surface area contributed by atoms with E-state index in [9.17, 15) is 14.4 Å². The van der Waals surface area contributed by atoms with Crippen LogP contribution in [0.3, 0.4) is 0 Å². The van der Waals surface area contributed by atoms with E-state index < -0.39 is 11.5 Å². The van der Waals surface area contributed by atoms with Crippen LogP contribution in [0.25, 0.3) is 10.2 Å². The fraction of sp³-hybridized carbons (Fsp3) is 0.474. The summed E-state index contributed by atoms with van der Waals surface area (Å²) in [5, 5.41) is 2.13. The van der Waals surface area contributed by atoms with Crippen LogP contribution in [0, 0.1) is 5.92 Å². The molecular formula is C19H25N5O4S2. The Kier molecular flexibility index (Phi) is 6.53. The number of hydroxylamine groups is 2. The molecule has 9 nitrogen and oxygen atoms in total. The van der Waals surface area contributed by atoms with Crippen LogP contribution in [0.1, 0.15) is 29.1 Å². The molecule has 0 fully saturated rings. The highest BCUT2D eigenvalue weighted by atomic mass is 32.2. The number of carbonyl (C=O) groups excluding carboxylic acids is 1. The lowest BCUT2D eigenvalue weighted by atomic mass is 10.1. The van der Waals surface area contributed by atoms with Crippen molar-refractivity contribution in [2.75, 3.05) is 20.4 Å². The summed E-state index contributed by atoms with van der Waals surface area (Å²) in [5.41, 5.74) is -0.611. The number of imidazole rings is 1. The summed E-state index contributed by atoms with van der Waals surface area (Å²) < 4.78 is 4.56. The van der Waals surface area contributed by atoms with Gasteiger partial charge in [-0.2, -0.15) is 0 Å². The minimum Gasteiger partial charge on any atom is -0.321 e. The molecule has 0 saturated heterocycles. The van der Waals surface area contributed by atoms with Gasteiger partial charge in [-0.1, -0.05) is 25.6 Å². The molecular weight excluding hydrogens is 426 g/mol. The molecule has 0 radical (unpaired) electrons. The predicted molar refractivity (Wildman–Crippen MR) is 118 cm³/mol. The van der Waals surface area contributed by atoms with Gasteiger partial charge in [0.05, 0.1) is 24.6 Å². The largest absolute Gasteiger partial charge is 0.331 e. The summed E-state index contributed by atoms with van der Waals surface area (Å²) in [6, 6.07) is 0. The Balaban J connectivity index is 2.37. The lowest BCUT2D eigenvalue weighted by molar-refractivity contribution is -0.0756. The fourth-order valence-corrected chi connectivity index (χ4v) is 5.05. The van der Waals surface area contributed by atoms with Crippen LogP contribution in [0.5, 0.6) is 0 Å². The lowest BCUT2D eigenvalue weighted by Gasteiger charge is -2.15. The highest BCUT2D eigenvalue weighted by molar-refractivity contribution is 7.98. The zero-order chi connectivity index (χ0) is 22.2.